The van der Waals surface area contributed by atoms with Crippen LogP contribution in [0.5, 0.6) is 0 Å². The summed E-state index contributed by atoms with van der Waals surface area (Å²) < 4.78 is 8.36. The number of para-hydroxylation sites is 1. The predicted octanol–water partition coefficient (Wildman–Crippen LogP) is 8.35. The molecule has 0 bridgehead atoms. The van der Waals surface area contributed by atoms with Gasteiger partial charge >= 0.3 is 0 Å². The Labute approximate surface area is 262 Å². The van der Waals surface area contributed by atoms with Crippen LogP contribution >= 0.6 is 0 Å². The molecule has 8 rings (SSSR count). The van der Waals surface area contributed by atoms with Gasteiger partial charge in [-0.3, -0.25) is 9.97 Å². The summed E-state index contributed by atoms with van der Waals surface area (Å²) in [6.45, 7) is 3.94. The van der Waals surface area contributed by atoms with Crippen LogP contribution in [0, 0.1) is 26.0 Å². The van der Waals surface area contributed by atoms with Gasteiger partial charge in [-0.15, -0.1) is 54.1 Å². The number of nitrogens with zero attached hydrogens (tertiary/aromatic N) is 5. The third kappa shape index (κ3) is 5.36. The van der Waals surface area contributed by atoms with Crippen LogP contribution in [0.1, 0.15) is 11.4 Å². The second-order valence-corrected chi connectivity index (χ2v) is 9.86. The fourth-order valence-electron chi connectivity index (χ4n) is 5.10. The molecule has 0 aliphatic rings. The van der Waals surface area contributed by atoms with Crippen LogP contribution in [0.4, 0.5) is 0 Å². The molecule has 8 aromatic rings. The van der Waals surface area contributed by atoms with Gasteiger partial charge in [-0.25, -0.2) is 4.98 Å². The molecule has 0 fully saturated rings. The molecule has 3 aromatic carbocycles. The summed E-state index contributed by atoms with van der Waals surface area (Å²) in [4.78, 5) is 18.2. The zero-order valence-corrected chi connectivity index (χ0v) is 25.8. The average Bonchev–Trinajstić information content (AvgIpc) is 3.62. The molecule has 1 radical (unpaired) electrons. The third-order valence-corrected chi connectivity index (χ3v) is 7.08. The van der Waals surface area contributed by atoms with Crippen molar-refractivity contribution in [2.24, 2.45) is 0 Å². The van der Waals surface area contributed by atoms with E-state index in [1.54, 1.807) is 6.20 Å². The minimum absolute atomic E-state index is 0. The Morgan fingerprint density at radius 3 is 2.33 bits per heavy atom. The fourth-order valence-corrected chi connectivity index (χ4v) is 5.10. The van der Waals surface area contributed by atoms with Gasteiger partial charge in [0.05, 0.1) is 28.1 Å². The minimum atomic E-state index is 0. The van der Waals surface area contributed by atoms with E-state index in [1.165, 1.54) is 0 Å². The smallest absolute Gasteiger partial charge is 0.216 e. The van der Waals surface area contributed by atoms with Gasteiger partial charge < -0.3 is 14.0 Å². The minimum Gasteiger partial charge on any atom is -0.486 e. The zero-order valence-electron chi connectivity index (χ0n) is 23.4. The van der Waals surface area contributed by atoms with Gasteiger partial charge in [-0.05, 0) is 55.9 Å². The number of benzene rings is 3. The Morgan fingerprint density at radius 2 is 1.53 bits per heavy atom. The van der Waals surface area contributed by atoms with Crippen LogP contribution < -0.4 is 0 Å². The number of hydrogen-bond donors (Lipinski definition) is 0. The van der Waals surface area contributed by atoms with E-state index >= 15 is 0 Å². The van der Waals surface area contributed by atoms with Crippen LogP contribution in [-0.2, 0) is 20.1 Å². The first-order chi connectivity index (χ1) is 20.7. The molecular weight excluding hydrogens is 711 g/mol. The Balaban J connectivity index is 0.000000213. The normalized spacial score (nSPS) is 10.8. The summed E-state index contributed by atoms with van der Waals surface area (Å²) in [6.07, 6.45) is 3.61. The number of rotatable bonds is 3. The van der Waals surface area contributed by atoms with E-state index in [1.807, 2.05) is 105 Å². The van der Waals surface area contributed by atoms with Crippen molar-refractivity contribution in [2.75, 3.05) is 0 Å². The topological polar surface area (TPSA) is 69.6 Å². The third-order valence-electron chi connectivity index (χ3n) is 7.08. The second-order valence-electron chi connectivity index (χ2n) is 9.86. The first-order valence-corrected chi connectivity index (χ1v) is 13.7. The van der Waals surface area contributed by atoms with Crippen molar-refractivity contribution in [2.45, 2.75) is 13.8 Å². The molecule has 0 unspecified atom stereocenters. The van der Waals surface area contributed by atoms with Gasteiger partial charge in [-0.1, -0.05) is 41.3 Å². The van der Waals surface area contributed by atoms with Crippen molar-refractivity contribution in [3.63, 3.8) is 0 Å². The summed E-state index contributed by atoms with van der Waals surface area (Å²) in [7, 11) is 0. The van der Waals surface area contributed by atoms with Crippen molar-refractivity contribution in [3.05, 3.63) is 139 Å². The number of hydrogen-bond acceptors (Lipinski definition) is 5. The predicted molar refractivity (Wildman–Crippen MR) is 166 cm³/mol. The summed E-state index contributed by atoms with van der Waals surface area (Å²) in [5.41, 5.74) is 8.89. The molecule has 6 nitrogen and oxygen atoms in total. The van der Waals surface area contributed by atoms with Crippen molar-refractivity contribution in [1.82, 2.24) is 24.5 Å². The molecule has 0 spiro atoms. The van der Waals surface area contributed by atoms with E-state index in [-0.39, 0.29) is 20.1 Å². The van der Waals surface area contributed by atoms with Crippen molar-refractivity contribution in [3.8, 4) is 28.3 Å². The van der Waals surface area contributed by atoms with Gasteiger partial charge in [0, 0.05) is 49.3 Å². The fraction of sp³-hybridized carbons (Fsp3) is 0.0556. The van der Waals surface area contributed by atoms with Gasteiger partial charge in [0.2, 0.25) is 5.71 Å². The Hall–Kier alpha value is -4.97. The quantitative estimate of drug-likeness (QED) is 0.171. The molecular formula is C36H25IrN5O-2. The summed E-state index contributed by atoms with van der Waals surface area (Å²) in [5, 5.41) is 2.00. The van der Waals surface area contributed by atoms with Crippen molar-refractivity contribution < 1.29 is 24.5 Å². The molecule has 5 aromatic heterocycles. The number of aryl methyl sites for hydroxylation is 2. The SMILES string of the molecule is Cc1ccc2c(n1)oc1c(-c3nc4c(C)nccc4n3-c3ccccc3)[c-]ccc12.[Ir].[c-]1ccccc1-c1ccccn1. The molecule has 0 amide bonds. The molecule has 0 saturated carbocycles. The molecule has 43 heavy (non-hydrogen) atoms. The van der Waals surface area contributed by atoms with Crippen LogP contribution in [0.3, 0.4) is 0 Å². The maximum absolute atomic E-state index is 6.22. The Morgan fingerprint density at radius 1 is 0.698 bits per heavy atom. The van der Waals surface area contributed by atoms with Gasteiger partial charge in [0.15, 0.2) is 0 Å². The van der Waals surface area contributed by atoms with Gasteiger partial charge in [0.1, 0.15) is 0 Å². The summed E-state index contributed by atoms with van der Waals surface area (Å²) in [5.74, 6) is 0.772. The number of fused-ring (bicyclic) bond motifs is 4. The van der Waals surface area contributed by atoms with Crippen LogP contribution in [0.25, 0.3) is 61.4 Å². The van der Waals surface area contributed by atoms with Crippen LogP contribution in [0.15, 0.2) is 120 Å². The van der Waals surface area contributed by atoms with E-state index in [0.29, 0.717) is 5.71 Å². The van der Waals surface area contributed by atoms with Crippen LogP contribution in [0.2, 0.25) is 0 Å². The number of furan rings is 1. The standard InChI is InChI=1S/C25H17N4O.C11H8N.Ir/c1-15-11-12-19-18-9-6-10-20(23(18)30-25(19)27-15)24-28-22-16(2)26-14-13-21(22)29(24)17-7-4-3-5-8-17;1-2-6-10(7-3-1)11-8-4-5-9-12-11;/h3-9,11-14H,1-2H3;1-6,8-9H;/q2*-1;. The van der Waals surface area contributed by atoms with E-state index in [9.17, 15) is 0 Å². The van der Waals surface area contributed by atoms with E-state index in [0.717, 1.165) is 67.1 Å². The number of imidazole rings is 1. The van der Waals surface area contributed by atoms with E-state index in [4.69, 9.17) is 9.40 Å². The molecule has 0 aliphatic carbocycles. The maximum Gasteiger partial charge on any atom is 0.216 e. The molecule has 0 saturated heterocycles. The van der Waals surface area contributed by atoms with Crippen molar-refractivity contribution >= 4 is 33.1 Å². The first-order valence-electron chi connectivity index (χ1n) is 13.7. The first kappa shape index (κ1) is 28.2. The van der Waals surface area contributed by atoms with Crippen molar-refractivity contribution in [1.29, 1.82) is 0 Å². The largest absolute Gasteiger partial charge is 0.486 e. The van der Waals surface area contributed by atoms with Gasteiger partial charge in [-0.2, -0.15) is 0 Å². The van der Waals surface area contributed by atoms with Crippen LogP contribution in [-0.4, -0.2) is 24.5 Å². The number of aromatic nitrogens is 5. The van der Waals surface area contributed by atoms with E-state index in [2.05, 4.69) is 49.9 Å². The monoisotopic (exact) mass is 736 g/mol. The second kappa shape index (κ2) is 12.1. The molecule has 211 valence electrons. The molecule has 0 N–H and O–H groups in total. The Bertz CT molecular complexity index is 2120. The summed E-state index contributed by atoms with van der Waals surface area (Å²) in [6, 6.07) is 40.4. The number of pyridine rings is 3. The maximum atomic E-state index is 6.22. The molecule has 0 aliphatic heterocycles. The average molecular weight is 736 g/mol. The van der Waals surface area contributed by atoms with E-state index < -0.39 is 0 Å². The molecule has 0 atom stereocenters. The Kier molecular flexibility index (Phi) is 7.92. The van der Waals surface area contributed by atoms with Gasteiger partial charge in [0.25, 0.3) is 0 Å². The molecule has 7 heteroatoms. The molecule has 5 heterocycles. The zero-order chi connectivity index (χ0) is 28.5. The summed E-state index contributed by atoms with van der Waals surface area (Å²) >= 11 is 0.